The zero-order chi connectivity index (χ0) is 10.6. The SMILES string of the molecule is CC(C)C(O)COc1cccc(Cl)c1. The first kappa shape index (κ1) is 11.3. The van der Waals surface area contributed by atoms with E-state index in [4.69, 9.17) is 16.3 Å². The van der Waals surface area contributed by atoms with Crippen LogP contribution in [0.4, 0.5) is 0 Å². The first-order chi connectivity index (χ1) is 6.59. The Labute approximate surface area is 89.5 Å². The van der Waals surface area contributed by atoms with Gasteiger partial charge in [-0.15, -0.1) is 0 Å². The molecule has 0 fully saturated rings. The van der Waals surface area contributed by atoms with E-state index in [1.807, 2.05) is 26.0 Å². The molecule has 0 radical (unpaired) electrons. The summed E-state index contributed by atoms with van der Waals surface area (Å²) in [5.74, 6) is 0.895. The maximum Gasteiger partial charge on any atom is 0.120 e. The van der Waals surface area contributed by atoms with Crippen molar-refractivity contribution in [1.82, 2.24) is 0 Å². The number of benzene rings is 1. The molecule has 78 valence electrons. The van der Waals surface area contributed by atoms with Gasteiger partial charge in [-0.3, -0.25) is 0 Å². The van der Waals surface area contributed by atoms with E-state index < -0.39 is 6.10 Å². The lowest BCUT2D eigenvalue weighted by atomic mass is 10.1. The topological polar surface area (TPSA) is 29.5 Å². The quantitative estimate of drug-likeness (QED) is 0.835. The number of aliphatic hydroxyl groups excluding tert-OH is 1. The van der Waals surface area contributed by atoms with Crippen molar-refractivity contribution >= 4 is 11.6 Å². The summed E-state index contributed by atoms with van der Waals surface area (Å²) in [6.45, 7) is 4.20. The third kappa shape index (κ3) is 3.56. The van der Waals surface area contributed by atoms with Gasteiger partial charge >= 0.3 is 0 Å². The standard InChI is InChI=1S/C11H15ClO2/c1-8(2)11(13)7-14-10-5-3-4-9(12)6-10/h3-6,8,11,13H,7H2,1-2H3. The lowest BCUT2D eigenvalue weighted by molar-refractivity contribution is 0.0701. The maximum absolute atomic E-state index is 9.50. The zero-order valence-corrected chi connectivity index (χ0v) is 9.16. The van der Waals surface area contributed by atoms with Gasteiger partial charge in [0.1, 0.15) is 12.4 Å². The van der Waals surface area contributed by atoms with E-state index in [0.717, 1.165) is 0 Å². The fourth-order valence-electron chi connectivity index (χ4n) is 0.931. The minimum absolute atomic E-state index is 0.203. The summed E-state index contributed by atoms with van der Waals surface area (Å²) >= 11 is 5.78. The zero-order valence-electron chi connectivity index (χ0n) is 8.40. The molecule has 14 heavy (non-hydrogen) atoms. The van der Waals surface area contributed by atoms with Crippen molar-refractivity contribution < 1.29 is 9.84 Å². The van der Waals surface area contributed by atoms with Crippen LogP contribution in [0.2, 0.25) is 5.02 Å². The van der Waals surface area contributed by atoms with Crippen LogP contribution >= 0.6 is 11.6 Å². The van der Waals surface area contributed by atoms with Gasteiger partial charge < -0.3 is 9.84 Å². The van der Waals surface area contributed by atoms with Gasteiger partial charge in [0, 0.05) is 5.02 Å². The highest BCUT2D eigenvalue weighted by atomic mass is 35.5. The first-order valence-electron chi connectivity index (χ1n) is 4.66. The minimum Gasteiger partial charge on any atom is -0.491 e. The molecule has 1 N–H and O–H groups in total. The van der Waals surface area contributed by atoms with Gasteiger partial charge in [0.05, 0.1) is 6.10 Å². The van der Waals surface area contributed by atoms with Gasteiger partial charge in [0.25, 0.3) is 0 Å². The molecule has 0 saturated heterocycles. The molecule has 0 amide bonds. The van der Waals surface area contributed by atoms with Crippen molar-refractivity contribution in [2.24, 2.45) is 5.92 Å². The molecular formula is C11H15ClO2. The van der Waals surface area contributed by atoms with E-state index in [1.54, 1.807) is 12.1 Å². The lowest BCUT2D eigenvalue weighted by Gasteiger charge is -2.15. The van der Waals surface area contributed by atoms with Gasteiger partial charge in [-0.25, -0.2) is 0 Å². The molecule has 0 spiro atoms. The van der Waals surface area contributed by atoms with E-state index in [-0.39, 0.29) is 5.92 Å². The van der Waals surface area contributed by atoms with Crippen LogP contribution < -0.4 is 4.74 Å². The largest absolute Gasteiger partial charge is 0.491 e. The van der Waals surface area contributed by atoms with E-state index >= 15 is 0 Å². The fourth-order valence-corrected chi connectivity index (χ4v) is 1.11. The number of hydrogen-bond donors (Lipinski definition) is 1. The summed E-state index contributed by atoms with van der Waals surface area (Å²) in [5, 5.41) is 10.1. The molecule has 3 heteroatoms. The Kier molecular flexibility index (Phi) is 4.23. The predicted octanol–water partition coefficient (Wildman–Crippen LogP) is 2.74. The van der Waals surface area contributed by atoms with Crippen molar-refractivity contribution in [2.75, 3.05) is 6.61 Å². The average Bonchev–Trinajstić information content (AvgIpc) is 2.14. The molecule has 1 unspecified atom stereocenters. The van der Waals surface area contributed by atoms with Crippen LogP contribution in [-0.4, -0.2) is 17.8 Å². The van der Waals surface area contributed by atoms with Crippen LogP contribution in [0.15, 0.2) is 24.3 Å². The number of aliphatic hydroxyl groups is 1. The molecule has 0 aromatic heterocycles. The molecule has 0 saturated carbocycles. The number of rotatable bonds is 4. The predicted molar refractivity (Wildman–Crippen MR) is 57.8 cm³/mol. The molecule has 2 nitrogen and oxygen atoms in total. The smallest absolute Gasteiger partial charge is 0.120 e. The van der Waals surface area contributed by atoms with Gasteiger partial charge in [-0.2, -0.15) is 0 Å². The molecule has 0 bridgehead atoms. The van der Waals surface area contributed by atoms with Crippen LogP contribution in [0, 0.1) is 5.92 Å². The first-order valence-corrected chi connectivity index (χ1v) is 5.04. The Morgan fingerprint density at radius 1 is 1.43 bits per heavy atom. The molecule has 1 atom stereocenters. The van der Waals surface area contributed by atoms with E-state index in [1.165, 1.54) is 0 Å². The van der Waals surface area contributed by atoms with Crippen molar-refractivity contribution in [3.05, 3.63) is 29.3 Å². The van der Waals surface area contributed by atoms with Crippen LogP contribution in [0.3, 0.4) is 0 Å². The Balaban J connectivity index is 2.45. The number of halogens is 1. The Morgan fingerprint density at radius 3 is 2.71 bits per heavy atom. The molecule has 1 rings (SSSR count). The third-order valence-corrected chi connectivity index (χ3v) is 2.22. The second-order valence-electron chi connectivity index (χ2n) is 3.58. The highest BCUT2D eigenvalue weighted by Gasteiger charge is 2.09. The molecule has 1 aromatic carbocycles. The fraction of sp³-hybridized carbons (Fsp3) is 0.455. The van der Waals surface area contributed by atoms with Crippen molar-refractivity contribution in [3.8, 4) is 5.75 Å². The maximum atomic E-state index is 9.50. The van der Waals surface area contributed by atoms with Gasteiger partial charge in [-0.1, -0.05) is 31.5 Å². The molecular weight excluding hydrogens is 200 g/mol. The third-order valence-electron chi connectivity index (χ3n) is 1.99. The summed E-state index contributed by atoms with van der Waals surface area (Å²) in [6, 6.07) is 7.15. The van der Waals surface area contributed by atoms with Crippen molar-refractivity contribution in [1.29, 1.82) is 0 Å². The summed E-state index contributed by atoms with van der Waals surface area (Å²) in [4.78, 5) is 0. The summed E-state index contributed by atoms with van der Waals surface area (Å²) in [6.07, 6.45) is -0.436. The van der Waals surface area contributed by atoms with Gasteiger partial charge in [-0.05, 0) is 24.1 Å². The molecule has 0 heterocycles. The second kappa shape index (κ2) is 5.23. The highest BCUT2D eigenvalue weighted by molar-refractivity contribution is 6.30. The Hall–Kier alpha value is -0.730. The van der Waals surface area contributed by atoms with Gasteiger partial charge in [0.15, 0.2) is 0 Å². The molecule has 1 aromatic rings. The summed E-state index contributed by atoms with van der Waals surface area (Å²) in [5.41, 5.74) is 0. The van der Waals surface area contributed by atoms with Gasteiger partial charge in [0.2, 0.25) is 0 Å². The molecule has 0 aliphatic heterocycles. The summed E-state index contributed by atoms with van der Waals surface area (Å²) in [7, 11) is 0. The normalized spacial score (nSPS) is 12.9. The monoisotopic (exact) mass is 214 g/mol. The summed E-state index contributed by atoms with van der Waals surface area (Å²) < 4.78 is 5.38. The average molecular weight is 215 g/mol. The molecule has 0 aliphatic rings. The lowest BCUT2D eigenvalue weighted by Crippen LogP contribution is -2.23. The number of ether oxygens (including phenoxy) is 1. The molecule has 0 aliphatic carbocycles. The van der Waals surface area contributed by atoms with Crippen LogP contribution in [0.25, 0.3) is 0 Å². The number of hydrogen-bond acceptors (Lipinski definition) is 2. The highest BCUT2D eigenvalue weighted by Crippen LogP contribution is 2.17. The van der Waals surface area contributed by atoms with Crippen LogP contribution in [-0.2, 0) is 0 Å². The Morgan fingerprint density at radius 2 is 2.14 bits per heavy atom. The Bertz CT molecular complexity index is 286. The van der Waals surface area contributed by atoms with Crippen LogP contribution in [0.5, 0.6) is 5.75 Å². The van der Waals surface area contributed by atoms with Crippen molar-refractivity contribution in [2.45, 2.75) is 20.0 Å². The minimum atomic E-state index is -0.436. The van der Waals surface area contributed by atoms with E-state index in [2.05, 4.69) is 0 Å². The van der Waals surface area contributed by atoms with E-state index in [9.17, 15) is 5.11 Å². The second-order valence-corrected chi connectivity index (χ2v) is 4.02. The van der Waals surface area contributed by atoms with E-state index in [0.29, 0.717) is 17.4 Å². The van der Waals surface area contributed by atoms with Crippen molar-refractivity contribution in [3.63, 3.8) is 0 Å². The van der Waals surface area contributed by atoms with Crippen LogP contribution in [0.1, 0.15) is 13.8 Å².